The van der Waals surface area contributed by atoms with Crippen molar-refractivity contribution in [2.75, 3.05) is 9.80 Å². The van der Waals surface area contributed by atoms with Gasteiger partial charge in [-0.3, -0.25) is 0 Å². The largest absolute Gasteiger partial charge is 0.435 e. The fourth-order valence-corrected chi connectivity index (χ4v) is 10.6. The third-order valence-electron chi connectivity index (χ3n) is 13.8. The van der Waals surface area contributed by atoms with Crippen LogP contribution >= 0.6 is 0 Å². The molecule has 0 fully saturated rings. The van der Waals surface area contributed by atoms with E-state index in [4.69, 9.17) is 8.83 Å². The summed E-state index contributed by atoms with van der Waals surface area (Å²) < 4.78 is 13.4. The minimum absolute atomic E-state index is 0.611. The lowest BCUT2D eigenvalue weighted by atomic mass is 9.93. The molecule has 0 saturated heterocycles. The molecule has 0 unspecified atom stereocenters. The van der Waals surface area contributed by atoms with Gasteiger partial charge in [0, 0.05) is 56.1 Å². The summed E-state index contributed by atoms with van der Waals surface area (Å²) in [5, 5.41) is 10.7. The Bertz CT molecular complexity index is 4020. The molecule has 0 radical (unpaired) electrons. The van der Waals surface area contributed by atoms with Gasteiger partial charge in [-0.05, 0) is 117 Å². The Labute approximate surface area is 402 Å². The molecule has 0 bridgehead atoms. The number of pyridine rings is 2. The van der Waals surface area contributed by atoms with Crippen LogP contribution in [0.25, 0.3) is 98.7 Å². The maximum absolute atomic E-state index is 6.71. The van der Waals surface area contributed by atoms with Gasteiger partial charge >= 0.3 is 0 Å². The van der Waals surface area contributed by atoms with Gasteiger partial charge < -0.3 is 18.6 Å². The van der Waals surface area contributed by atoms with Gasteiger partial charge in [0.15, 0.2) is 11.2 Å². The van der Waals surface area contributed by atoms with Crippen molar-refractivity contribution >= 4 is 111 Å². The predicted octanol–water partition coefficient (Wildman–Crippen LogP) is 18.0. The Hall–Kier alpha value is -9.52. The van der Waals surface area contributed by atoms with Crippen LogP contribution in [-0.4, -0.2) is 9.97 Å². The van der Waals surface area contributed by atoms with E-state index in [1.165, 1.54) is 11.1 Å². The second-order valence-electron chi connectivity index (χ2n) is 17.7. The lowest BCUT2D eigenvalue weighted by Gasteiger charge is -2.30. The molecule has 4 heterocycles. The molecule has 0 saturated carbocycles. The van der Waals surface area contributed by atoms with Crippen molar-refractivity contribution in [1.82, 2.24) is 9.97 Å². The molecular formula is C64H40N4O2. The number of furan rings is 2. The van der Waals surface area contributed by atoms with Gasteiger partial charge in [-0.2, -0.15) is 0 Å². The highest BCUT2D eigenvalue weighted by Gasteiger charge is 2.26. The van der Waals surface area contributed by atoms with Crippen molar-refractivity contribution in [3.63, 3.8) is 0 Å². The molecule has 14 rings (SSSR count). The topological polar surface area (TPSA) is 58.5 Å². The first-order valence-corrected chi connectivity index (χ1v) is 23.5. The lowest BCUT2D eigenvalue weighted by Crippen LogP contribution is -2.12. The molecule has 0 N–H and O–H groups in total. The van der Waals surface area contributed by atoms with Crippen LogP contribution in [0, 0.1) is 0 Å². The average Bonchev–Trinajstić information content (AvgIpc) is 4.02. The number of rotatable bonds is 8. The highest BCUT2D eigenvalue weighted by molar-refractivity contribution is 6.25. The number of nitrogens with zero attached hydrogens (tertiary/aromatic N) is 4. The highest BCUT2D eigenvalue weighted by atomic mass is 16.3. The van der Waals surface area contributed by atoms with Crippen LogP contribution in [0.1, 0.15) is 0 Å². The fraction of sp³-hybridized carbons (Fsp3) is 0. The number of hydrogen-bond donors (Lipinski definition) is 0. The normalized spacial score (nSPS) is 11.7. The van der Waals surface area contributed by atoms with Crippen LogP contribution in [0.4, 0.5) is 34.1 Å². The number of aromatic nitrogens is 2. The summed E-state index contributed by atoms with van der Waals surface area (Å²) in [5.74, 6) is 0. The van der Waals surface area contributed by atoms with Crippen molar-refractivity contribution in [1.29, 1.82) is 0 Å². The van der Waals surface area contributed by atoms with E-state index in [0.717, 1.165) is 110 Å². The Balaban J connectivity index is 1.04. The Kier molecular flexibility index (Phi) is 9.10. The molecule has 0 atom stereocenters. The van der Waals surface area contributed by atoms with Gasteiger partial charge in [0.2, 0.25) is 11.4 Å². The standard InChI is InChI=1S/C64H40N4O2/c1-3-15-41(16-4-1)43-29-33-45(34-30-43)67(57-27-11-23-51-53-25-13-37-65-63(53)69-61(51)57)59-39-55-48-20-8-10-22-50(48)60(40-56(55)47-19-7-9-21-49(47)59)68(46-35-31-44(32-36-46)42-17-5-2-6-18-42)58-28-12-24-52-54-26-14-38-66-64(54)70-62(52)58/h1-40H. The second kappa shape index (κ2) is 16.1. The van der Waals surface area contributed by atoms with Gasteiger partial charge in [0.25, 0.3) is 0 Å². The van der Waals surface area contributed by atoms with Crippen molar-refractivity contribution in [3.05, 3.63) is 243 Å². The third-order valence-corrected chi connectivity index (χ3v) is 13.8. The van der Waals surface area contributed by atoms with Crippen LogP contribution in [0.3, 0.4) is 0 Å². The minimum atomic E-state index is 0.611. The molecular weight excluding hydrogens is 857 g/mol. The first-order valence-electron chi connectivity index (χ1n) is 23.5. The molecule has 6 heteroatoms. The van der Waals surface area contributed by atoms with Crippen molar-refractivity contribution in [2.24, 2.45) is 0 Å². The summed E-state index contributed by atoms with van der Waals surface area (Å²) in [5.41, 5.74) is 13.3. The molecule has 0 aliphatic heterocycles. The summed E-state index contributed by atoms with van der Waals surface area (Å²) in [6.07, 6.45) is 3.58. The highest BCUT2D eigenvalue weighted by Crippen LogP contribution is 2.50. The van der Waals surface area contributed by atoms with Crippen LogP contribution in [0.15, 0.2) is 252 Å². The van der Waals surface area contributed by atoms with Crippen LogP contribution in [-0.2, 0) is 0 Å². The third kappa shape index (κ3) is 6.35. The zero-order chi connectivity index (χ0) is 46.1. The SMILES string of the molecule is c1ccc(-c2ccc(N(c3cc4c5ccccc5c(N(c5ccc(-c6ccccc6)cc5)c5cccc6c5oc5ncccc56)cc4c4ccccc34)c3cccc4c3oc3ncccc34)cc2)cc1. The van der Waals surface area contributed by atoms with Gasteiger partial charge in [-0.1, -0.05) is 158 Å². The minimum Gasteiger partial charge on any atom is -0.435 e. The second-order valence-corrected chi connectivity index (χ2v) is 17.7. The first-order chi connectivity index (χ1) is 34.7. The van der Waals surface area contributed by atoms with E-state index < -0.39 is 0 Å². The van der Waals surface area contributed by atoms with Crippen molar-refractivity contribution in [2.45, 2.75) is 0 Å². The van der Waals surface area contributed by atoms with Crippen LogP contribution in [0.5, 0.6) is 0 Å². The molecule has 4 aromatic heterocycles. The van der Waals surface area contributed by atoms with E-state index in [9.17, 15) is 0 Å². The maximum atomic E-state index is 6.71. The molecule has 70 heavy (non-hydrogen) atoms. The van der Waals surface area contributed by atoms with Gasteiger partial charge in [-0.15, -0.1) is 0 Å². The van der Waals surface area contributed by atoms with E-state index in [-0.39, 0.29) is 0 Å². The number of fused-ring (bicyclic) bond motifs is 11. The number of para-hydroxylation sites is 2. The van der Waals surface area contributed by atoms with Crippen molar-refractivity contribution < 1.29 is 8.83 Å². The number of benzene rings is 10. The molecule has 10 aromatic carbocycles. The van der Waals surface area contributed by atoms with Gasteiger partial charge in [0.05, 0.1) is 22.7 Å². The zero-order valence-corrected chi connectivity index (χ0v) is 37.7. The first kappa shape index (κ1) is 39.6. The summed E-state index contributed by atoms with van der Waals surface area (Å²) in [6, 6.07) is 82.0. The van der Waals surface area contributed by atoms with Crippen molar-refractivity contribution in [3.8, 4) is 22.3 Å². The van der Waals surface area contributed by atoms with Gasteiger partial charge in [-0.25, -0.2) is 9.97 Å². The van der Waals surface area contributed by atoms with Gasteiger partial charge in [0.1, 0.15) is 0 Å². The summed E-state index contributed by atoms with van der Waals surface area (Å²) in [7, 11) is 0. The smallest absolute Gasteiger partial charge is 0.227 e. The lowest BCUT2D eigenvalue weighted by molar-refractivity contribution is 0.654. The fourth-order valence-electron chi connectivity index (χ4n) is 10.6. The Morgan fingerprint density at radius 3 is 1.04 bits per heavy atom. The zero-order valence-electron chi connectivity index (χ0n) is 37.7. The monoisotopic (exact) mass is 896 g/mol. The molecule has 0 spiro atoms. The average molecular weight is 897 g/mol. The summed E-state index contributed by atoms with van der Waals surface area (Å²) in [4.78, 5) is 14.0. The van der Waals surface area contributed by atoms with E-state index in [0.29, 0.717) is 11.4 Å². The molecule has 0 aliphatic carbocycles. The molecule has 0 aliphatic rings. The number of hydrogen-bond acceptors (Lipinski definition) is 6. The van der Waals surface area contributed by atoms with E-state index >= 15 is 0 Å². The van der Waals surface area contributed by atoms with E-state index in [1.54, 1.807) is 12.4 Å². The Morgan fingerprint density at radius 2 is 0.614 bits per heavy atom. The number of anilines is 6. The van der Waals surface area contributed by atoms with E-state index in [2.05, 4.69) is 238 Å². The predicted molar refractivity (Wildman–Crippen MR) is 289 cm³/mol. The summed E-state index contributed by atoms with van der Waals surface area (Å²) in [6.45, 7) is 0. The maximum Gasteiger partial charge on any atom is 0.227 e. The van der Waals surface area contributed by atoms with Crippen LogP contribution < -0.4 is 9.80 Å². The molecule has 6 nitrogen and oxygen atoms in total. The Morgan fingerprint density at radius 1 is 0.257 bits per heavy atom. The van der Waals surface area contributed by atoms with Crippen LogP contribution in [0.2, 0.25) is 0 Å². The van der Waals surface area contributed by atoms with E-state index in [1.807, 2.05) is 12.1 Å². The molecule has 328 valence electrons. The summed E-state index contributed by atoms with van der Waals surface area (Å²) >= 11 is 0. The quantitative estimate of drug-likeness (QED) is 0.142. The molecule has 14 aromatic rings. The molecule has 0 amide bonds.